The molecule has 0 fully saturated rings. The molecule has 2 unspecified atom stereocenters. The van der Waals surface area contributed by atoms with Gasteiger partial charge in [0.2, 0.25) is 0 Å². The Morgan fingerprint density at radius 2 is 1.65 bits per heavy atom. The summed E-state index contributed by atoms with van der Waals surface area (Å²) in [5.41, 5.74) is 0. The van der Waals surface area contributed by atoms with Crippen LogP contribution in [0, 0.1) is 0 Å². The highest BCUT2D eigenvalue weighted by Gasteiger charge is 2.21. The molecule has 4 nitrogen and oxygen atoms in total. The predicted molar refractivity (Wildman–Crippen MR) is 66.8 cm³/mol. The molecular formula is C13H26O4. The molecule has 0 saturated heterocycles. The lowest BCUT2D eigenvalue weighted by atomic mass is 10.2. The number of hydrogen-bond donors (Lipinski definition) is 1. The van der Waals surface area contributed by atoms with E-state index in [-0.39, 0.29) is 12.2 Å². The van der Waals surface area contributed by atoms with Gasteiger partial charge in [0, 0.05) is 19.6 Å². The largest absolute Gasteiger partial charge is 0.372 e. The fraction of sp³-hybridized carbons (Fsp3) is 0.923. The fourth-order valence-corrected chi connectivity index (χ4v) is 1.36. The van der Waals surface area contributed by atoms with Gasteiger partial charge in [-0.2, -0.15) is 0 Å². The van der Waals surface area contributed by atoms with Crippen LogP contribution in [0.3, 0.4) is 0 Å². The van der Waals surface area contributed by atoms with Gasteiger partial charge in [-0.1, -0.05) is 26.7 Å². The van der Waals surface area contributed by atoms with Crippen LogP contribution in [0.15, 0.2) is 0 Å². The first kappa shape index (κ1) is 16.6. The van der Waals surface area contributed by atoms with Crippen LogP contribution in [-0.2, 0) is 14.3 Å². The summed E-state index contributed by atoms with van der Waals surface area (Å²) < 4.78 is 10.7. The predicted octanol–water partition coefficient (Wildman–Crippen LogP) is 2.29. The topological polar surface area (TPSA) is 55.8 Å². The second-order valence-corrected chi connectivity index (χ2v) is 4.28. The second kappa shape index (κ2) is 10.7. The van der Waals surface area contributed by atoms with Crippen LogP contribution in [0.25, 0.3) is 0 Å². The minimum atomic E-state index is -0.998. The molecule has 2 atom stereocenters. The molecule has 0 aliphatic heterocycles. The SMILES string of the molecule is CCCCOC(O)C(CC(C)=O)OCCCC. The van der Waals surface area contributed by atoms with Crippen LogP contribution in [-0.4, -0.2) is 36.5 Å². The highest BCUT2D eigenvalue weighted by atomic mass is 16.6. The molecule has 0 aromatic heterocycles. The fourth-order valence-electron chi connectivity index (χ4n) is 1.36. The van der Waals surface area contributed by atoms with E-state index in [9.17, 15) is 9.90 Å². The lowest BCUT2D eigenvalue weighted by Crippen LogP contribution is -2.33. The molecule has 0 spiro atoms. The average molecular weight is 246 g/mol. The Morgan fingerprint density at radius 1 is 1.12 bits per heavy atom. The summed E-state index contributed by atoms with van der Waals surface area (Å²) >= 11 is 0. The molecule has 0 aliphatic rings. The molecule has 102 valence electrons. The molecule has 0 amide bonds. The molecule has 0 radical (unpaired) electrons. The van der Waals surface area contributed by atoms with E-state index in [0.717, 1.165) is 25.7 Å². The maximum Gasteiger partial charge on any atom is 0.181 e. The van der Waals surface area contributed by atoms with Crippen molar-refractivity contribution in [2.24, 2.45) is 0 Å². The highest BCUT2D eigenvalue weighted by Crippen LogP contribution is 2.09. The zero-order chi connectivity index (χ0) is 13.1. The Hall–Kier alpha value is -0.450. The van der Waals surface area contributed by atoms with Crippen molar-refractivity contribution < 1.29 is 19.4 Å². The van der Waals surface area contributed by atoms with Crippen LogP contribution in [0.1, 0.15) is 52.9 Å². The smallest absolute Gasteiger partial charge is 0.181 e. The summed E-state index contributed by atoms with van der Waals surface area (Å²) in [5, 5.41) is 9.78. The van der Waals surface area contributed by atoms with Gasteiger partial charge in [0.1, 0.15) is 11.9 Å². The number of unbranched alkanes of at least 4 members (excludes halogenated alkanes) is 2. The Balaban J connectivity index is 4.00. The standard InChI is InChI=1S/C13H26O4/c1-4-6-8-16-12(10-11(3)14)13(15)17-9-7-5-2/h12-13,15H,4-10H2,1-3H3. The quantitative estimate of drug-likeness (QED) is 0.449. The lowest BCUT2D eigenvalue weighted by Gasteiger charge is -2.22. The minimum absolute atomic E-state index is 0.00430. The second-order valence-electron chi connectivity index (χ2n) is 4.28. The third-order valence-electron chi connectivity index (χ3n) is 2.42. The van der Waals surface area contributed by atoms with Crippen molar-refractivity contribution in [1.29, 1.82) is 0 Å². The number of aliphatic hydroxyl groups excluding tert-OH is 1. The first-order valence-electron chi connectivity index (χ1n) is 6.52. The molecule has 0 aromatic rings. The Bertz CT molecular complexity index is 194. The van der Waals surface area contributed by atoms with Gasteiger partial charge >= 0.3 is 0 Å². The molecule has 0 rings (SSSR count). The number of rotatable bonds is 11. The number of Topliss-reactive ketones (excluding diaryl/α,β-unsaturated/α-hetero) is 1. The number of hydrogen-bond acceptors (Lipinski definition) is 4. The van der Waals surface area contributed by atoms with Gasteiger partial charge in [-0.3, -0.25) is 4.79 Å². The van der Waals surface area contributed by atoms with E-state index in [1.807, 2.05) is 0 Å². The van der Waals surface area contributed by atoms with Crippen LogP contribution in [0.5, 0.6) is 0 Å². The number of ether oxygens (including phenoxy) is 2. The summed E-state index contributed by atoms with van der Waals surface area (Å²) in [4.78, 5) is 11.1. The zero-order valence-electron chi connectivity index (χ0n) is 11.3. The van der Waals surface area contributed by atoms with Gasteiger partial charge in [0.25, 0.3) is 0 Å². The summed E-state index contributed by atoms with van der Waals surface area (Å²) in [7, 11) is 0. The number of carbonyl (C=O) groups excluding carboxylic acids is 1. The van der Waals surface area contributed by atoms with Crippen molar-refractivity contribution >= 4 is 5.78 Å². The average Bonchev–Trinajstić information content (AvgIpc) is 2.27. The first-order chi connectivity index (χ1) is 8.11. The van der Waals surface area contributed by atoms with E-state index in [4.69, 9.17) is 9.47 Å². The van der Waals surface area contributed by atoms with Crippen molar-refractivity contribution in [3.05, 3.63) is 0 Å². The Labute approximate surface area is 104 Å². The van der Waals surface area contributed by atoms with E-state index < -0.39 is 12.4 Å². The van der Waals surface area contributed by atoms with Gasteiger partial charge in [-0.25, -0.2) is 0 Å². The van der Waals surface area contributed by atoms with E-state index in [1.165, 1.54) is 6.92 Å². The molecule has 0 aromatic carbocycles. The van der Waals surface area contributed by atoms with Crippen molar-refractivity contribution in [3.63, 3.8) is 0 Å². The third-order valence-corrected chi connectivity index (χ3v) is 2.42. The van der Waals surface area contributed by atoms with Crippen molar-refractivity contribution in [2.75, 3.05) is 13.2 Å². The number of ketones is 1. The van der Waals surface area contributed by atoms with Crippen LogP contribution in [0.4, 0.5) is 0 Å². The van der Waals surface area contributed by atoms with Gasteiger partial charge in [-0.15, -0.1) is 0 Å². The van der Waals surface area contributed by atoms with Crippen molar-refractivity contribution in [3.8, 4) is 0 Å². The normalized spacial score (nSPS) is 14.6. The maximum atomic E-state index is 11.1. The molecule has 0 heterocycles. The Morgan fingerprint density at radius 3 is 2.12 bits per heavy atom. The highest BCUT2D eigenvalue weighted by molar-refractivity contribution is 5.76. The summed E-state index contributed by atoms with van der Waals surface area (Å²) in [6, 6.07) is 0. The first-order valence-corrected chi connectivity index (χ1v) is 6.52. The van der Waals surface area contributed by atoms with Gasteiger partial charge in [-0.05, 0) is 19.8 Å². The van der Waals surface area contributed by atoms with E-state index in [1.54, 1.807) is 0 Å². The minimum Gasteiger partial charge on any atom is -0.372 e. The van der Waals surface area contributed by atoms with Gasteiger partial charge in [0.05, 0.1) is 0 Å². The van der Waals surface area contributed by atoms with Crippen LogP contribution >= 0.6 is 0 Å². The summed E-state index contributed by atoms with van der Waals surface area (Å²) in [5.74, 6) is 0.00430. The maximum absolute atomic E-state index is 11.1. The number of aliphatic hydroxyl groups is 1. The molecule has 1 N–H and O–H groups in total. The molecule has 4 heteroatoms. The molecule has 17 heavy (non-hydrogen) atoms. The molecule has 0 bridgehead atoms. The van der Waals surface area contributed by atoms with E-state index >= 15 is 0 Å². The van der Waals surface area contributed by atoms with Crippen molar-refractivity contribution in [1.82, 2.24) is 0 Å². The van der Waals surface area contributed by atoms with Gasteiger partial charge in [0.15, 0.2) is 6.29 Å². The third kappa shape index (κ3) is 9.27. The van der Waals surface area contributed by atoms with E-state index in [2.05, 4.69) is 13.8 Å². The Kier molecular flexibility index (Phi) is 10.4. The summed E-state index contributed by atoms with van der Waals surface area (Å²) in [6.07, 6.45) is 2.55. The van der Waals surface area contributed by atoms with E-state index in [0.29, 0.717) is 13.2 Å². The molecule has 0 aliphatic carbocycles. The summed E-state index contributed by atoms with van der Waals surface area (Å²) in [6.45, 7) is 6.68. The van der Waals surface area contributed by atoms with Crippen LogP contribution in [0.2, 0.25) is 0 Å². The van der Waals surface area contributed by atoms with Crippen molar-refractivity contribution in [2.45, 2.75) is 65.3 Å². The van der Waals surface area contributed by atoms with Crippen LogP contribution < -0.4 is 0 Å². The lowest BCUT2D eigenvalue weighted by molar-refractivity contribution is -0.182. The molecule has 0 saturated carbocycles. The van der Waals surface area contributed by atoms with Gasteiger partial charge < -0.3 is 14.6 Å². The number of carbonyl (C=O) groups is 1. The monoisotopic (exact) mass is 246 g/mol. The zero-order valence-corrected chi connectivity index (χ0v) is 11.3. The molecular weight excluding hydrogens is 220 g/mol.